The predicted molar refractivity (Wildman–Crippen MR) is 390 cm³/mol. The monoisotopic (exact) mass is 1910 g/mol. The predicted octanol–water partition coefficient (Wildman–Crippen LogP) is -21.6. The minimum Gasteiger partial charge on any atom is -0.479 e. The number of amides is 5. The number of aliphatic hydroxyl groups excluding tert-OH is 22. The van der Waals surface area contributed by atoms with E-state index in [1.165, 1.54) is 0 Å². The van der Waals surface area contributed by atoms with Gasteiger partial charge in [0.1, 0.15) is 213 Å². The molecule has 0 bridgehead atoms. The fourth-order valence-electron chi connectivity index (χ4n) is 16.3. The van der Waals surface area contributed by atoms with Gasteiger partial charge in [-0.3, -0.25) is 24.0 Å². The van der Waals surface area contributed by atoms with Crippen molar-refractivity contribution >= 4 is 59.4 Å². The minimum atomic E-state index is -2.74. The van der Waals surface area contributed by atoms with Crippen molar-refractivity contribution in [1.82, 2.24) is 26.6 Å². The summed E-state index contributed by atoms with van der Waals surface area (Å²) in [4.78, 5) is 129. The van der Waals surface area contributed by atoms with Crippen molar-refractivity contribution in [2.45, 2.75) is 341 Å². The molecule has 748 valence electrons. The molecular formula is C70H107N5O56. The number of carboxylic acids is 5. The van der Waals surface area contributed by atoms with Gasteiger partial charge in [-0.15, -0.1) is 0 Å². The zero-order valence-corrected chi connectivity index (χ0v) is 68.8. The van der Waals surface area contributed by atoms with Crippen LogP contribution in [0.25, 0.3) is 0 Å². The van der Waals surface area contributed by atoms with Gasteiger partial charge in [-0.1, -0.05) is 0 Å². The number of hydrogen-bond acceptors (Lipinski definition) is 51. The number of rotatable bonds is 33. The lowest BCUT2D eigenvalue weighted by atomic mass is 9.93. The summed E-state index contributed by atoms with van der Waals surface area (Å²) in [6.45, 7) is -1.83. The third kappa shape index (κ3) is 23.2. The van der Waals surface area contributed by atoms with Crippen LogP contribution >= 0.6 is 0 Å². The van der Waals surface area contributed by atoms with E-state index < -0.39 is 399 Å². The topological polar surface area (TPSA) is 952 Å². The highest BCUT2D eigenvalue weighted by Crippen LogP contribution is 2.42. The summed E-state index contributed by atoms with van der Waals surface area (Å²) < 4.78 is 108. The molecular weight excluding hydrogens is 1810 g/mol. The molecule has 5 amide bonds. The summed E-state index contributed by atoms with van der Waals surface area (Å²) in [6.07, 6.45) is -107. The Morgan fingerprint density at radius 2 is 0.382 bits per heavy atom. The van der Waals surface area contributed by atoms with Gasteiger partial charge < -0.3 is 254 Å². The van der Waals surface area contributed by atoms with Gasteiger partial charge in [-0.25, -0.2) is 24.0 Å². The van der Waals surface area contributed by atoms with Crippen molar-refractivity contribution in [3.63, 3.8) is 0 Å². The van der Waals surface area contributed by atoms with E-state index in [0.29, 0.717) is 0 Å². The number of carboxylic acid groups (broad SMARTS) is 5. The normalized spacial score (nSPS) is 46.9. The first-order valence-corrected chi connectivity index (χ1v) is 40.1. The van der Waals surface area contributed by atoms with Gasteiger partial charge in [0.05, 0.1) is 33.0 Å². The molecule has 0 radical (unpaired) electrons. The average Bonchev–Trinajstić information content (AvgIpc) is 0.752. The van der Waals surface area contributed by atoms with Crippen LogP contribution in [0.4, 0.5) is 0 Å². The van der Waals surface area contributed by atoms with Gasteiger partial charge in [-0.2, -0.15) is 0 Å². The molecule has 0 saturated carbocycles. The summed E-state index contributed by atoms with van der Waals surface area (Å²) in [5.41, 5.74) is 0. The van der Waals surface area contributed by atoms with Crippen molar-refractivity contribution in [3.05, 3.63) is 0 Å². The third-order valence-electron chi connectivity index (χ3n) is 22.7. The summed E-state index contributed by atoms with van der Waals surface area (Å²) >= 11 is 0. The molecule has 10 fully saturated rings. The van der Waals surface area contributed by atoms with Crippen molar-refractivity contribution in [2.24, 2.45) is 0 Å². The molecule has 10 heterocycles. The van der Waals surface area contributed by atoms with Crippen molar-refractivity contribution in [3.8, 4) is 0 Å². The highest BCUT2D eigenvalue weighted by atomic mass is 16.8. The summed E-state index contributed by atoms with van der Waals surface area (Å²) in [6, 6.07) is -10.3. The Labute approximate surface area is 734 Å². The highest BCUT2D eigenvalue weighted by molar-refractivity contribution is 5.77. The minimum absolute atomic E-state index is 0.795. The smallest absolute Gasteiger partial charge is 0.335 e. The first kappa shape index (κ1) is 106. The van der Waals surface area contributed by atoms with Crippen molar-refractivity contribution in [1.29, 1.82) is 0 Å². The van der Waals surface area contributed by atoms with Crippen LogP contribution in [0.1, 0.15) is 34.6 Å². The highest BCUT2D eigenvalue weighted by Gasteiger charge is 2.64. The first-order chi connectivity index (χ1) is 61.5. The maximum atomic E-state index is 13.4. The van der Waals surface area contributed by atoms with Crippen LogP contribution in [0.2, 0.25) is 0 Å². The van der Waals surface area contributed by atoms with Crippen LogP contribution in [0.5, 0.6) is 0 Å². The van der Waals surface area contributed by atoms with E-state index in [0.717, 1.165) is 34.6 Å². The summed E-state index contributed by atoms with van der Waals surface area (Å²) in [5.74, 6) is -15.6. The Kier molecular flexibility index (Phi) is 36.4. The second-order valence-corrected chi connectivity index (χ2v) is 31.9. The molecule has 10 aliphatic heterocycles. The lowest BCUT2D eigenvalue weighted by Gasteiger charge is -2.51. The molecule has 0 unspecified atom stereocenters. The molecule has 10 aliphatic rings. The van der Waals surface area contributed by atoms with Crippen LogP contribution < -0.4 is 26.6 Å². The fourth-order valence-corrected chi connectivity index (χ4v) is 16.3. The van der Waals surface area contributed by atoms with Crippen LogP contribution in [-0.4, -0.2) is 537 Å². The standard InChI is InChI=1S/C70H107N5O56/c1-11(81)71-21-31(91)26(86)16(6-76)113-62(21)123-47-33(93)38(98)67(128-52(47)57(104)105)120-43-23(73-13(3)83)64(115-18(8-78)28(43)88)125-49-35(95)40(100)69(130-54(49)59(108)109)122-45-25(75-15(5)85)66(117-20(10-80)30(45)90)127-50-36(96)41(101)70(131-55(50)60(110)111)121-44-24(74-14(4)84)65(116-19(9-79)29(44)89)126-48-34(94)39(99)68(129-53(48)58(106)107)119-42-22(72-12(2)82)63(114-17(7-77)27(42)87)124-46-32(92)37(97)61(112)118-51(46)56(102)103/h16-55,61-70,76-80,86-101,112H,6-10H2,1-5H3,(H,71,81)(H,72,82)(H,73,83)(H,74,84)(H,75,85)(H,102,103)(H,104,105)(H,106,107)(H,108,109)(H,110,111)/t16-,17-,18-,19-,20-,21-,22-,23-,24-,25-,26-,27-,28-,29-,30-,31-,32-,33-,34-,35+,36-,37-,38-,39-,40-,41-,42-,43-,44-,45-,46+,47+,48+,49+,50+,51+,52+,53+,54+,55+,61-,62+,63+,64+,65+,66+,67-,68-,69-,70-/m1/s1. The number of carbonyl (C=O) groups excluding carboxylic acids is 5. The molecule has 0 aromatic carbocycles. The van der Waals surface area contributed by atoms with Crippen molar-refractivity contribution in [2.75, 3.05) is 33.0 Å². The van der Waals surface area contributed by atoms with Crippen LogP contribution in [0, 0.1) is 0 Å². The Hall–Kier alpha value is -6.94. The lowest BCUT2D eigenvalue weighted by Crippen LogP contribution is -2.72. The molecule has 0 spiro atoms. The fraction of sp³-hybridized carbons (Fsp3) is 0.857. The van der Waals surface area contributed by atoms with E-state index >= 15 is 0 Å². The molecule has 131 heavy (non-hydrogen) atoms. The van der Waals surface area contributed by atoms with Gasteiger partial charge in [0, 0.05) is 34.6 Å². The second-order valence-electron chi connectivity index (χ2n) is 31.9. The van der Waals surface area contributed by atoms with Gasteiger partial charge in [0.2, 0.25) is 29.5 Å². The number of aliphatic hydroxyl groups is 22. The Bertz CT molecular complexity index is 3890. The Morgan fingerprint density at radius 1 is 0.206 bits per heavy atom. The van der Waals surface area contributed by atoms with E-state index in [1.54, 1.807) is 0 Å². The number of hydrogen-bond donors (Lipinski definition) is 32. The Balaban J connectivity index is 0.849. The molecule has 10 rings (SSSR count). The van der Waals surface area contributed by atoms with E-state index in [2.05, 4.69) is 26.6 Å². The van der Waals surface area contributed by atoms with Crippen LogP contribution in [0.15, 0.2) is 0 Å². The number of ether oxygens (including phenoxy) is 19. The number of nitrogens with one attached hydrogen (secondary N) is 5. The van der Waals surface area contributed by atoms with E-state index in [-0.39, 0.29) is 0 Å². The Morgan fingerprint density at radius 3 is 0.580 bits per heavy atom. The lowest BCUT2D eigenvalue weighted by molar-refractivity contribution is -0.382. The molecule has 32 N–H and O–H groups in total. The van der Waals surface area contributed by atoms with E-state index in [1.807, 2.05) is 0 Å². The average molecular weight is 1910 g/mol. The van der Waals surface area contributed by atoms with Gasteiger partial charge in [0.25, 0.3) is 0 Å². The second kappa shape index (κ2) is 44.9. The van der Waals surface area contributed by atoms with Gasteiger partial charge in [-0.05, 0) is 0 Å². The van der Waals surface area contributed by atoms with Gasteiger partial charge in [0.15, 0.2) is 93.4 Å². The maximum absolute atomic E-state index is 13.4. The molecule has 10 saturated heterocycles. The largest absolute Gasteiger partial charge is 0.479 e. The SMILES string of the molecule is CC(=O)N[C@H]1[C@H](O[C@H]2[C@H](O)[C@@H](O)[C@H](O[C@H]3[C@H](O)[C@@H](CO)O[C@@H](O[C@H]4[C@@H](O)[C@@H](O)[C@H](O[C@H]5[C@H](O)[C@@H](CO)O[C@@H](O[C@H]6[C@H](O)[C@@H](O)[C@H](O[C@H]7[C@H](O)[C@@H](CO)O[C@@H](O[C@H]8[C@H](O)[C@@H](O)[C@H](O[C@H]9[C@H](O)[C@@H](CO)O[C@@H](O[C@H]%10[C@H](O)[C@@H](O)[C@H](O)O[C@@H]%10C(=O)O)[C@@H]9NC(C)=O)O[C@@H]8C(=O)O)[C@@H]7NC(C)=O)O[C@@H]6C(=O)O)[C@@H]5NC(C)=O)O[C@@H]4C(=O)O)[C@@H]3NC(C)=O)O[C@@H]2C(=O)O)O[C@H](CO)[C@@H](O)[C@@H]1O. The van der Waals surface area contributed by atoms with E-state index in [4.69, 9.17) is 90.0 Å². The molecule has 0 aromatic rings. The molecule has 61 nitrogen and oxygen atoms in total. The number of carbonyl (C=O) groups is 10. The maximum Gasteiger partial charge on any atom is 0.335 e. The molecule has 50 atom stereocenters. The zero-order chi connectivity index (χ0) is 97.1. The molecule has 0 aromatic heterocycles. The van der Waals surface area contributed by atoms with E-state index in [9.17, 15) is 186 Å². The molecule has 61 heteroatoms. The first-order valence-electron chi connectivity index (χ1n) is 40.1. The van der Waals surface area contributed by atoms with Crippen LogP contribution in [0.3, 0.4) is 0 Å². The van der Waals surface area contributed by atoms with Gasteiger partial charge >= 0.3 is 29.8 Å². The molecule has 0 aliphatic carbocycles. The quantitative estimate of drug-likeness (QED) is 0.0290. The van der Waals surface area contributed by atoms with Crippen LogP contribution in [-0.2, 0) is 138 Å². The zero-order valence-electron chi connectivity index (χ0n) is 68.8. The van der Waals surface area contributed by atoms with Crippen molar-refractivity contribution < 1.29 is 276 Å². The summed E-state index contributed by atoms with van der Waals surface area (Å²) in [7, 11) is 0. The third-order valence-corrected chi connectivity index (χ3v) is 22.7. The summed E-state index contributed by atoms with van der Waals surface area (Å²) in [5, 5.41) is 309. The number of aliphatic carboxylic acids is 5.